The number of carbonyl (C=O) groups excluding carboxylic acids is 1. The molecule has 6 heteroatoms. The molecule has 1 amide bonds. The summed E-state index contributed by atoms with van der Waals surface area (Å²) in [4.78, 5) is 11.0. The largest absolute Gasteiger partial charge is 0.341 e. The first-order valence-electron chi connectivity index (χ1n) is 7.66. The molecule has 0 atom stereocenters. The van der Waals surface area contributed by atoms with Crippen molar-refractivity contribution in [3.05, 3.63) is 60.2 Å². The van der Waals surface area contributed by atoms with Gasteiger partial charge in [-0.05, 0) is 42.5 Å². The Kier molecular flexibility index (Phi) is 4.67. The summed E-state index contributed by atoms with van der Waals surface area (Å²) in [5, 5.41) is 16.3. The lowest BCUT2D eigenvalue weighted by Crippen LogP contribution is -2.05. The standard InChI is InChI=1S/C19H17N5O/c1-3-14-5-4-6-17(11-14)22-19-12-18(23-24-19)21-16-9-7-15(8-10-16)20-13(2)25/h1,4-12H,2H3,(H,20,25)(H3,21,22,23,24). The van der Waals surface area contributed by atoms with Crippen molar-refractivity contribution in [2.24, 2.45) is 0 Å². The van der Waals surface area contributed by atoms with E-state index >= 15 is 0 Å². The summed E-state index contributed by atoms with van der Waals surface area (Å²) in [6.45, 7) is 1.48. The molecule has 0 aliphatic heterocycles. The second-order valence-electron chi connectivity index (χ2n) is 5.40. The molecule has 0 fully saturated rings. The molecular weight excluding hydrogens is 314 g/mol. The summed E-state index contributed by atoms with van der Waals surface area (Å²) >= 11 is 0. The van der Waals surface area contributed by atoms with Crippen LogP contribution in [0.15, 0.2) is 54.6 Å². The minimum absolute atomic E-state index is 0.0994. The first-order chi connectivity index (χ1) is 12.1. The van der Waals surface area contributed by atoms with Crippen molar-refractivity contribution >= 4 is 34.6 Å². The van der Waals surface area contributed by atoms with Crippen LogP contribution in [0.4, 0.5) is 28.7 Å². The Labute approximate surface area is 145 Å². The van der Waals surface area contributed by atoms with E-state index in [9.17, 15) is 4.79 Å². The van der Waals surface area contributed by atoms with E-state index in [1.165, 1.54) is 6.92 Å². The summed E-state index contributed by atoms with van der Waals surface area (Å²) in [7, 11) is 0. The van der Waals surface area contributed by atoms with Gasteiger partial charge in [-0.1, -0.05) is 12.0 Å². The molecular formula is C19H17N5O. The minimum atomic E-state index is -0.0994. The average Bonchev–Trinajstić information content (AvgIpc) is 3.03. The molecule has 0 unspecified atom stereocenters. The third-order valence-electron chi connectivity index (χ3n) is 3.36. The molecule has 0 spiro atoms. The number of aromatic nitrogens is 2. The zero-order chi connectivity index (χ0) is 17.6. The van der Waals surface area contributed by atoms with Crippen LogP contribution in [-0.4, -0.2) is 16.1 Å². The molecule has 124 valence electrons. The number of rotatable bonds is 5. The van der Waals surface area contributed by atoms with Crippen LogP contribution in [0.25, 0.3) is 0 Å². The molecule has 25 heavy (non-hydrogen) atoms. The van der Waals surface area contributed by atoms with Crippen LogP contribution in [-0.2, 0) is 4.79 Å². The van der Waals surface area contributed by atoms with Crippen LogP contribution < -0.4 is 16.0 Å². The monoisotopic (exact) mass is 331 g/mol. The highest BCUT2D eigenvalue weighted by Gasteiger charge is 2.03. The Balaban J connectivity index is 1.65. The van der Waals surface area contributed by atoms with Crippen LogP contribution in [0, 0.1) is 12.3 Å². The fourth-order valence-corrected chi connectivity index (χ4v) is 2.28. The highest BCUT2D eigenvalue weighted by Crippen LogP contribution is 2.21. The topological polar surface area (TPSA) is 81.8 Å². The molecule has 0 aliphatic carbocycles. The molecule has 0 saturated heterocycles. The molecule has 6 nitrogen and oxygen atoms in total. The first kappa shape index (κ1) is 16.1. The molecule has 0 radical (unpaired) electrons. The molecule has 1 aromatic heterocycles. The van der Waals surface area contributed by atoms with Crippen LogP contribution in [0.3, 0.4) is 0 Å². The van der Waals surface area contributed by atoms with E-state index in [-0.39, 0.29) is 5.91 Å². The van der Waals surface area contributed by atoms with Crippen LogP contribution in [0.5, 0.6) is 0 Å². The number of terminal acetylenes is 1. The van der Waals surface area contributed by atoms with Gasteiger partial charge in [-0.15, -0.1) is 6.42 Å². The molecule has 1 heterocycles. The molecule has 0 bridgehead atoms. The Hall–Kier alpha value is -3.72. The summed E-state index contributed by atoms with van der Waals surface area (Å²) in [6, 6.07) is 16.8. The van der Waals surface area contributed by atoms with Crippen molar-refractivity contribution in [1.82, 2.24) is 10.2 Å². The molecule has 4 N–H and O–H groups in total. The summed E-state index contributed by atoms with van der Waals surface area (Å²) < 4.78 is 0. The zero-order valence-corrected chi connectivity index (χ0v) is 13.6. The normalized spacial score (nSPS) is 9.92. The third kappa shape index (κ3) is 4.39. The second kappa shape index (κ2) is 7.23. The van der Waals surface area contributed by atoms with Gasteiger partial charge < -0.3 is 16.0 Å². The van der Waals surface area contributed by atoms with Crippen molar-refractivity contribution in [2.75, 3.05) is 16.0 Å². The van der Waals surface area contributed by atoms with Crippen molar-refractivity contribution in [1.29, 1.82) is 0 Å². The molecule has 0 aliphatic rings. The van der Waals surface area contributed by atoms with E-state index in [1.54, 1.807) is 0 Å². The van der Waals surface area contributed by atoms with Gasteiger partial charge in [-0.2, -0.15) is 5.10 Å². The summed E-state index contributed by atoms with van der Waals surface area (Å²) in [5.41, 5.74) is 3.30. The number of carbonyl (C=O) groups is 1. The van der Waals surface area contributed by atoms with Gasteiger partial charge in [-0.25, -0.2) is 0 Å². The lowest BCUT2D eigenvalue weighted by Gasteiger charge is -2.05. The Morgan fingerprint density at radius 1 is 1.04 bits per heavy atom. The van der Waals surface area contributed by atoms with E-state index in [4.69, 9.17) is 6.42 Å². The maximum Gasteiger partial charge on any atom is 0.221 e. The number of benzene rings is 2. The molecule has 0 saturated carbocycles. The molecule has 3 aromatic rings. The second-order valence-corrected chi connectivity index (χ2v) is 5.40. The van der Waals surface area contributed by atoms with Gasteiger partial charge in [0.15, 0.2) is 5.82 Å². The van der Waals surface area contributed by atoms with E-state index in [1.807, 2.05) is 54.6 Å². The van der Waals surface area contributed by atoms with Crippen LogP contribution in [0.2, 0.25) is 0 Å². The van der Waals surface area contributed by atoms with E-state index in [0.717, 1.165) is 28.4 Å². The van der Waals surface area contributed by atoms with Crippen LogP contribution in [0.1, 0.15) is 12.5 Å². The van der Waals surface area contributed by atoms with Gasteiger partial charge in [-0.3, -0.25) is 9.89 Å². The molecule has 2 aromatic carbocycles. The first-order valence-corrected chi connectivity index (χ1v) is 7.66. The van der Waals surface area contributed by atoms with E-state index in [0.29, 0.717) is 5.82 Å². The number of nitrogens with one attached hydrogen (secondary N) is 4. The van der Waals surface area contributed by atoms with E-state index < -0.39 is 0 Å². The van der Waals surface area contributed by atoms with E-state index in [2.05, 4.69) is 32.1 Å². The van der Waals surface area contributed by atoms with Crippen molar-refractivity contribution < 1.29 is 4.79 Å². The van der Waals surface area contributed by atoms with Gasteiger partial charge in [0.2, 0.25) is 5.91 Å². The summed E-state index contributed by atoms with van der Waals surface area (Å²) in [5.74, 6) is 3.91. The van der Waals surface area contributed by atoms with Crippen LogP contribution >= 0.6 is 0 Å². The summed E-state index contributed by atoms with van der Waals surface area (Å²) in [6.07, 6.45) is 5.41. The van der Waals surface area contributed by atoms with Gasteiger partial charge in [0, 0.05) is 35.6 Å². The highest BCUT2D eigenvalue weighted by molar-refractivity contribution is 5.88. The number of amides is 1. The smallest absolute Gasteiger partial charge is 0.221 e. The minimum Gasteiger partial charge on any atom is -0.341 e. The predicted molar refractivity (Wildman–Crippen MR) is 100 cm³/mol. The maximum absolute atomic E-state index is 11.0. The van der Waals surface area contributed by atoms with Gasteiger partial charge in [0.25, 0.3) is 0 Å². The fraction of sp³-hybridized carbons (Fsp3) is 0.0526. The Bertz CT molecular complexity index is 921. The van der Waals surface area contributed by atoms with Gasteiger partial charge in [0.1, 0.15) is 5.82 Å². The Morgan fingerprint density at radius 3 is 2.52 bits per heavy atom. The lowest BCUT2D eigenvalue weighted by atomic mass is 10.2. The number of anilines is 5. The maximum atomic E-state index is 11.0. The third-order valence-corrected chi connectivity index (χ3v) is 3.36. The quantitative estimate of drug-likeness (QED) is 0.536. The number of hydrogen-bond donors (Lipinski definition) is 4. The number of nitrogens with zero attached hydrogens (tertiary/aromatic N) is 1. The van der Waals surface area contributed by atoms with Crippen molar-refractivity contribution in [2.45, 2.75) is 6.92 Å². The lowest BCUT2D eigenvalue weighted by molar-refractivity contribution is -0.114. The highest BCUT2D eigenvalue weighted by atomic mass is 16.1. The number of H-pyrrole nitrogens is 1. The zero-order valence-electron chi connectivity index (χ0n) is 13.6. The SMILES string of the molecule is C#Cc1cccc(Nc2cc(Nc3ccc(NC(C)=O)cc3)n[nH]2)c1. The van der Waals surface area contributed by atoms with Crippen molar-refractivity contribution in [3.63, 3.8) is 0 Å². The van der Waals surface area contributed by atoms with Gasteiger partial charge in [0.05, 0.1) is 0 Å². The Morgan fingerprint density at radius 2 is 1.80 bits per heavy atom. The van der Waals surface area contributed by atoms with Gasteiger partial charge >= 0.3 is 0 Å². The number of aromatic amines is 1. The molecule has 3 rings (SSSR count). The fourth-order valence-electron chi connectivity index (χ4n) is 2.28. The van der Waals surface area contributed by atoms with Crippen molar-refractivity contribution in [3.8, 4) is 12.3 Å². The predicted octanol–water partition coefficient (Wildman–Crippen LogP) is 3.84. The average molecular weight is 331 g/mol. The number of hydrogen-bond acceptors (Lipinski definition) is 4.